The Morgan fingerprint density at radius 1 is 1.10 bits per heavy atom. The van der Waals surface area contributed by atoms with E-state index in [0.717, 1.165) is 12.1 Å². The lowest BCUT2D eigenvalue weighted by atomic mass is 10.0. The zero-order valence-corrected chi connectivity index (χ0v) is 12.5. The van der Waals surface area contributed by atoms with Gasteiger partial charge in [-0.3, -0.25) is 0 Å². The first-order valence-electron chi connectivity index (χ1n) is 7.47. The van der Waals surface area contributed by atoms with Crippen molar-refractivity contribution in [3.8, 4) is 0 Å². The van der Waals surface area contributed by atoms with E-state index in [-0.39, 0.29) is 12.3 Å². The molecule has 0 saturated carbocycles. The fourth-order valence-electron chi connectivity index (χ4n) is 2.68. The molecule has 3 nitrogen and oxygen atoms in total. The van der Waals surface area contributed by atoms with Crippen molar-refractivity contribution in [2.75, 3.05) is 11.7 Å². The van der Waals surface area contributed by atoms with Gasteiger partial charge in [0.15, 0.2) is 6.29 Å². The third-order valence-corrected chi connectivity index (χ3v) is 3.76. The van der Waals surface area contributed by atoms with Crippen LogP contribution in [-0.4, -0.2) is 12.9 Å². The Hall–Kier alpha value is -1.84. The summed E-state index contributed by atoms with van der Waals surface area (Å²) >= 11 is 0. The van der Waals surface area contributed by atoms with Crippen LogP contribution in [0.25, 0.3) is 0 Å². The van der Waals surface area contributed by atoms with Crippen LogP contribution >= 0.6 is 0 Å². The number of benzene rings is 2. The number of para-hydroxylation sites is 1. The Kier molecular flexibility index (Phi) is 4.23. The second-order valence-electron chi connectivity index (χ2n) is 5.31. The van der Waals surface area contributed by atoms with Crippen LogP contribution < -0.4 is 5.06 Å². The summed E-state index contributed by atoms with van der Waals surface area (Å²) in [6.45, 7) is 4.76. The van der Waals surface area contributed by atoms with Crippen molar-refractivity contribution in [3.63, 3.8) is 0 Å². The largest absolute Gasteiger partial charge is 0.350 e. The minimum atomic E-state index is -0.179. The number of anilines is 1. The first kappa shape index (κ1) is 14.1. The van der Waals surface area contributed by atoms with Crippen LogP contribution in [0.2, 0.25) is 0 Å². The molecule has 2 atom stereocenters. The van der Waals surface area contributed by atoms with Crippen molar-refractivity contribution in [3.05, 3.63) is 65.7 Å². The molecular formula is C18H21NO2. The second-order valence-corrected chi connectivity index (χ2v) is 5.31. The highest BCUT2D eigenvalue weighted by atomic mass is 16.8. The van der Waals surface area contributed by atoms with Crippen LogP contribution in [0.3, 0.4) is 0 Å². The van der Waals surface area contributed by atoms with Crippen molar-refractivity contribution in [2.24, 2.45) is 0 Å². The molecule has 1 aliphatic heterocycles. The van der Waals surface area contributed by atoms with Crippen molar-refractivity contribution in [1.82, 2.24) is 0 Å². The van der Waals surface area contributed by atoms with Gasteiger partial charge in [0.25, 0.3) is 0 Å². The summed E-state index contributed by atoms with van der Waals surface area (Å²) in [5.74, 6) is 0. The highest BCUT2D eigenvalue weighted by Gasteiger charge is 2.35. The number of rotatable bonds is 4. The summed E-state index contributed by atoms with van der Waals surface area (Å²) in [7, 11) is 0. The normalized spacial score (nSPS) is 21.7. The number of ether oxygens (including phenoxy) is 1. The molecule has 1 saturated heterocycles. The van der Waals surface area contributed by atoms with E-state index in [2.05, 4.69) is 43.3 Å². The Morgan fingerprint density at radius 3 is 2.48 bits per heavy atom. The monoisotopic (exact) mass is 283 g/mol. The Balaban J connectivity index is 1.89. The van der Waals surface area contributed by atoms with E-state index in [0.29, 0.717) is 6.61 Å². The molecule has 3 heteroatoms. The molecule has 0 amide bonds. The molecule has 0 spiro atoms. The zero-order chi connectivity index (χ0) is 14.7. The maximum Gasteiger partial charge on any atom is 0.186 e. The molecule has 0 bridgehead atoms. The molecule has 21 heavy (non-hydrogen) atoms. The molecule has 3 rings (SSSR count). The quantitative estimate of drug-likeness (QED) is 0.837. The van der Waals surface area contributed by atoms with E-state index in [1.54, 1.807) is 0 Å². The van der Waals surface area contributed by atoms with Gasteiger partial charge in [-0.2, -0.15) is 0 Å². The SMILES string of the molecule is CCO[C@H]1C[C@@H](c2ccc(C)cc2)N(c2ccccc2)O1. The van der Waals surface area contributed by atoms with E-state index >= 15 is 0 Å². The summed E-state index contributed by atoms with van der Waals surface area (Å²) in [6, 6.07) is 19.0. The van der Waals surface area contributed by atoms with Crippen LogP contribution in [0, 0.1) is 6.92 Å². The van der Waals surface area contributed by atoms with Gasteiger partial charge in [0, 0.05) is 13.0 Å². The van der Waals surface area contributed by atoms with E-state index in [1.807, 2.05) is 30.2 Å². The van der Waals surface area contributed by atoms with Gasteiger partial charge >= 0.3 is 0 Å². The summed E-state index contributed by atoms with van der Waals surface area (Å²) in [5, 5.41) is 1.98. The van der Waals surface area contributed by atoms with Gasteiger partial charge in [-0.15, -0.1) is 0 Å². The maximum absolute atomic E-state index is 6.00. The number of nitrogens with zero attached hydrogens (tertiary/aromatic N) is 1. The predicted molar refractivity (Wildman–Crippen MR) is 84.0 cm³/mol. The van der Waals surface area contributed by atoms with Gasteiger partial charge < -0.3 is 4.74 Å². The van der Waals surface area contributed by atoms with E-state index in [1.165, 1.54) is 11.1 Å². The molecule has 110 valence electrons. The lowest BCUT2D eigenvalue weighted by molar-refractivity contribution is -0.115. The minimum Gasteiger partial charge on any atom is -0.350 e. The number of hydrogen-bond donors (Lipinski definition) is 0. The number of aryl methyl sites for hydroxylation is 1. The lowest BCUT2D eigenvalue weighted by Gasteiger charge is -2.24. The fourth-order valence-corrected chi connectivity index (χ4v) is 2.68. The van der Waals surface area contributed by atoms with Crippen LogP contribution in [0.5, 0.6) is 0 Å². The van der Waals surface area contributed by atoms with Crippen LogP contribution in [0.15, 0.2) is 54.6 Å². The first-order valence-corrected chi connectivity index (χ1v) is 7.47. The average Bonchev–Trinajstić information content (AvgIpc) is 2.93. The Labute approximate surface area is 126 Å². The molecule has 0 unspecified atom stereocenters. The lowest BCUT2D eigenvalue weighted by Crippen LogP contribution is -2.22. The van der Waals surface area contributed by atoms with Crippen molar-refractivity contribution >= 4 is 5.69 Å². The summed E-state index contributed by atoms with van der Waals surface area (Å²) in [6.07, 6.45) is 0.660. The minimum absolute atomic E-state index is 0.179. The molecule has 1 aliphatic rings. The van der Waals surface area contributed by atoms with Crippen molar-refractivity contribution in [2.45, 2.75) is 32.6 Å². The zero-order valence-electron chi connectivity index (χ0n) is 12.5. The molecule has 1 heterocycles. The molecule has 0 aromatic heterocycles. The highest BCUT2D eigenvalue weighted by Crippen LogP contribution is 2.38. The van der Waals surface area contributed by atoms with Gasteiger partial charge in [-0.1, -0.05) is 48.0 Å². The smallest absolute Gasteiger partial charge is 0.186 e. The van der Waals surface area contributed by atoms with Crippen molar-refractivity contribution in [1.29, 1.82) is 0 Å². The van der Waals surface area contributed by atoms with Gasteiger partial charge in [-0.05, 0) is 31.5 Å². The summed E-state index contributed by atoms with van der Waals surface area (Å²) in [4.78, 5) is 6.00. The Morgan fingerprint density at radius 2 is 1.81 bits per heavy atom. The van der Waals surface area contributed by atoms with Crippen LogP contribution in [0.1, 0.15) is 30.5 Å². The molecule has 0 aliphatic carbocycles. The van der Waals surface area contributed by atoms with E-state index in [9.17, 15) is 0 Å². The van der Waals surface area contributed by atoms with Crippen LogP contribution in [0.4, 0.5) is 5.69 Å². The number of hydroxylamine groups is 1. The molecular weight excluding hydrogens is 262 g/mol. The van der Waals surface area contributed by atoms with Gasteiger partial charge in [0.05, 0.1) is 11.7 Å². The van der Waals surface area contributed by atoms with Gasteiger partial charge in [-0.25, -0.2) is 9.90 Å². The predicted octanol–water partition coefficient (Wildman–Crippen LogP) is 4.24. The summed E-state index contributed by atoms with van der Waals surface area (Å²) < 4.78 is 5.67. The van der Waals surface area contributed by atoms with Gasteiger partial charge in [0.2, 0.25) is 0 Å². The maximum atomic E-state index is 6.00. The Bertz CT molecular complexity index is 568. The van der Waals surface area contributed by atoms with E-state index < -0.39 is 0 Å². The second kappa shape index (κ2) is 6.29. The molecule has 2 aromatic carbocycles. The molecule has 0 N–H and O–H groups in total. The van der Waals surface area contributed by atoms with Gasteiger partial charge in [0.1, 0.15) is 0 Å². The van der Waals surface area contributed by atoms with Crippen LogP contribution in [-0.2, 0) is 9.57 Å². The fraction of sp³-hybridized carbons (Fsp3) is 0.333. The average molecular weight is 283 g/mol. The third kappa shape index (κ3) is 3.09. The van der Waals surface area contributed by atoms with E-state index in [4.69, 9.17) is 9.57 Å². The topological polar surface area (TPSA) is 21.7 Å². The first-order chi connectivity index (χ1) is 10.3. The summed E-state index contributed by atoms with van der Waals surface area (Å²) in [5.41, 5.74) is 3.59. The molecule has 1 fully saturated rings. The molecule has 0 radical (unpaired) electrons. The standard InChI is InChI=1S/C18H21NO2/c1-3-20-18-13-17(15-11-9-14(2)10-12-15)19(21-18)16-7-5-4-6-8-16/h4-12,17-18H,3,13H2,1-2H3/t17-,18+/m0/s1. The third-order valence-electron chi connectivity index (χ3n) is 3.76. The van der Waals surface area contributed by atoms with Crippen molar-refractivity contribution < 1.29 is 9.57 Å². The highest BCUT2D eigenvalue weighted by molar-refractivity contribution is 5.47. The number of hydrogen-bond acceptors (Lipinski definition) is 3. The molecule has 2 aromatic rings.